The normalized spacial score (nSPS) is 19.3. The lowest BCUT2D eigenvalue weighted by molar-refractivity contribution is -0.142. The molecular formula is C15H18ClNO5. The van der Waals surface area contributed by atoms with Gasteiger partial charge in [0, 0.05) is 18.1 Å². The number of carbonyl (C=O) groups is 2. The number of carboxylic acid groups (broad SMARTS) is 1. The van der Waals surface area contributed by atoms with Crippen LogP contribution >= 0.6 is 11.6 Å². The molecule has 0 spiro atoms. The Balaban J connectivity index is 2.12. The van der Waals surface area contributed by atoms with E-state index in [1.54, 1.807) is 0 Å². The number of ether oxygens (including phenoxy) is 2. The first-order valence-electron chi connectivity index (χ1n) is 6.98. The molecule has 1 aromatic carbocycles. The molecule has 0 unspecified atom stereocenters. The van der Waals surface area contributed by atoms with Crippen molar-refractivity contribution in [2.45, 2.75) is 18.9 Å². The standard InChI is InChI=1S/C15H18ClNO5/c1-21-12-7-9(4-5-11(12)16)14(18)17-13(15(19)20)10-3-2-6-22-8-10/h4-5,7,10,13H,2-3,6,8H2,1H3,(H,17,18)(H,19,20)/t10-,13+/m0/s1. The van der Waals surface area contributed by atoms with Crippen LogP contribution in [0.4, 0.5) is 0 Å². The molecule has 1 amide bonds. The van der Waals surface area contributed by atoms with Gasteiger partial charge in [0.2, 0.25) is 0 Å². The minimum atomic E-state index is -1.07. The molecule has 1 heterocycles. The summed E-state index contributed by atoms with van der Waals surface area (Å²) in [6.45, 7) is 0.965. The smallest absolute Gasteiger partial charge is 0.326 e. The van der Waals surface area contributed by atoms with E-state index in [1.165, 1.54) is 25.3 Å². The SMILES string of the molecule is COc1cc(C(=O)N[C@@H](C(=O)O)[C@H]2CCCOC2)ccc1Cl. The quantitative estimate of drug-likeness (QED) is 0.863. The fraction of sp³-hybridized carbons (Fsp3) is 0.467. The molecule has 2 rings (SSSR count). The summed E-state index contributed by atoms with van der Waals surface area (Å²) in [5, 5.41) is 12.3. The molecule has 2 N–H and O–H groups in total. The number of hydrogen-bond acceptors (Lipinski definition) is 4. The monoisotopic (exact) mass is 327 g/mol. The predicted octanol–water partition coefficient (Wildman–Crippen LogP) is 1.96. The van der Waals surface area contributed by atoms with Gasteiger partial charge in [0.25, 0.3) is 5.91 Å². The second kappa shape index (κ2) is 7.47. The van der Waals surface area contributed by atoms with Crippen LogP contribution in [0, 0.1) is 5.92 Å². The molecule has 0 aliphatic carbocycles. The molecular weight excluding hydrogens is 310 g/mol. The zero-order valence-corrected chi connectivity index (χ0v) is 12.9. The van der Waals surface area contributed by atoms with Gasteiger partial charge in [-0.1, -0.05) is 11.6 Å². The Labute approximate surface area is 133 Å². The van der Waals surface area contributed by atoms with Gasteiger partial charge in [0.05, 0.1) is 18.7 Å². The Bertz CT molecular complexity index is 557. The number of aliphatic carboxylic acids is 1. The van der Waals surface area contributed by atoms with Crippen LogP contribution in [0.25, 0.3) is 0 Å². The summed E-state index contributed by atoms with van der Waals surface area (Å²) in [7, 11) is 1.45. The van der Waals surface area contributed by atoms with E-state index in [2.05, 4.69) is 5.32 Å². The number of carboxylic acids is 1. The highest BCUT2D eigenvalue weighted by Gasteiger charge is 2.31. The largest absolute Gasteiger partial charge is 0.495 e. The molecule has 0 bridgehead atoms. The lowest BCUT2D eigenvalue weighted by Crippen LogP contribution is -2.48. The molecule has 1 aliphatic heterocycles. The number of benzene rings is 1. The minimum absolute atomic E-state index is 0.232. The van der Waals surface area contributed by atoms with Crippen LogP contribution in [0.5, 0.6) is 5.75 Å². The van der Waals surface area contributed by atoms with Gasteiger partial charge in [-0.2, -0.15) is 0 Å². The highest BCUT2D eigenvalue weighted by molar-refractivity contribution is 6.32. The Morgan fingerprint density at radius 1 is 1.50 bits per heavy atom. The Hall–Kier alpha value is -1.79. The van der Waals surface area contributed by atoms with Gasteiger partial charge >= 0.3 is 5.97 Å². The summed E-state index contributed by atoms with van der Waals surface area (Å²) in [5.74, 6) is -1.41. The Kier molecular flexibility index (Phi) is 5.63. The zero-order valence-electron chi connectivity index (χ0n) is 12.2. The van der Waals surface area contributed by atoms with Gasteiger partial charge in [-0.15, -0.1) is 0 Å². The van der Waals surface area contributed by atoms with E-state index < -0.39 is 17.9 Å². The van der Waals surface area contributed by atoms with E-state index in [1.807, 2.05) is 0 Å². The summed E-state index contributed by atoms with van der Waals surface area (Å²) in [4.78, 5) is 23.7. The summed E-state index contributed by atoms with van der Waals surface area (Å²) >= 11 is 5.91. The molecule has 22 heavy (non-hydrogen) atoms. The van der Waals surface area contributed by atoms with E-state index >= 15 is 0 Å². The van der Waals surface area contributed by atoms with Gasteiger partial charge < -0.3 is 19.9 Å². The average Bonchev–Trinajstić information content (AvgIpc) is 2.53. The van der Waals surface area contributed by atoms with E-state index in [9.17, 15) is 14.7 Å². The van der Waals surface area contributed by atoms with Gasteiger partial charge in [-0.3, -0.25) is 4.79 Å². The van der Waals surface area contributed by atoms with Gasteiger partial charge in [-0.25, -0.2) is 4.79 Å². The first kappa shape index (κ1) is 16.6. The highest BCUT2D eigenvalue weighted by Crippen LogP contribution is 2.25. The lowest BCUT2D eigenvalue weighted by atomic mass is 9.93. The van der Waals surface area contributed by atoms with Crippen molar-refractivity contribution in [3.63, 3.8) is 0 Å². The van der Waals surface area contributed by atoms with Crippen LogP contribution in [-0.4, -0.2) is 43.3 Å². The molecule has 120 valence electrons. The molecule has 7 heteroatoms. The molecule has 0 radical (unpaired) electrons. The number of hydrogen-bond donors (Lipinski definition) is 2. The highest BCUT2D eigenvalue weighted by atomic mass is 35.5. The molecule has 1 fully saturated rings. The number of rotatable bonds is 5. The third-order valence-electron chi connectivity index (χ3n) is 3.63. The first-order chi connectivity index (χ1) is 10.5. The topological polar surface area (TPSA) is 84.9 Å². The third-order valence-corrected chi connectivity index (χ3v) is 3.95. The maximum atomic E-state index is 12.3. The molecule has 6 nitrogen and oxygen atoms in total. The maximum absolute atomic E-state index is 12.3. The maximum Gasteiger partial charge on any atom is 0.326 e. The van der Waals surface area contributed by atoms with Crippen LogP contribution in [0.1, 0.15) is 23.2 Å². The lowest BCUT2D eigenvalue weighted by Gasteiger charge is -2.28. The molecule has 1 aliphatic rings. The van der Waals surface area contributed by atoms with Crippen LogP contribution < -0.4 is 10.1 Å². The number of amides is 1. The Morgan fingerprint density at radius 2 is 2.27 bits per heavy atom. The molecule has 0 aromatic heterocycles. The van der Waals surface area contributed by atoms with Crippen molar-refractivity contribution >= 4 is 23.5 Å². The van der Waals surface area contributed by atoms with Gasteiger partial charge in [0.15, 0.2) is 0 Å². The van der Waals surface area contributed by atoms with E-state index in [0.29, 0.717) is 36.0 Å². The summed E-state index contributed by atoms with van der Waals surface area (Å²) < 4.78 is 10.4. The Morgan fingerprint density at radius 3 is 2.86 bits per heavy atom. The number of carbonyl (C=O) groups excluding carboxylic acids is 1. The van der Waals surface area contributed by atoms with Crippen molar-refractivity contribution in [1.82, 2.24) is 5.32 Å². The van der Waals surface area contributed by atoms with Crippen LogP contribution in [0.2, 0.25) is 5.02 Å². The second-order valence-electron chi connectivity index (χ2n) is 5.12. The van der Waals surface area contributed by atoms with Crippen molar-refractivity contribution in [3.8, 4) is 5.75 Å². The van der Waals surface area contributed by atoms with Crippen molar-refractivity contribution in [2.24, 2.45) is 5.92 Å². The molecule has 1 aromatic rings. The van der Waals surface area contributed by atoms with Gasteiger partial charge in [-0.05, 0) is 31.0 Å². The van der Waals surface area contributed by atoms with E-state index in [-0.39, 0.29) is 5.92 Å². The fourth-order valence-corrected chi connectivity index (χ4v) is 2.63. The number of methoxy groups -OCH3 is 1. The molecule has 0 saturated carbocycles. The van der Waals surface area contributed by atoms with E-state index in [0.717, 1.165) is 6.42 Å². The second-order valence-corrected chi connectivity index (χ2v) is 5.52. The average molecular weight is 328 g/mol. The predicted molar refractivity (Wildman–Crippen MR) is 80.4 cm³/mol. The molecule has 1 saturated heterocycles. The zero-order chi connectivity index (χ0) is 16.1. The van der Waals surface area contributed by atoms with Crippen molar-refractivity contribution in [2.75, 3.05) is 20.3 Å². The molecule has 2 atom stereocenters. The number of halogens is 1. The van der Waals surface area contributed by atoms with Crippen LogP contribution in [0.3, 0.4) is 0 Å². The summed E-state index contributed by atoms with van der Waals surface area (Å²) in [5.41, 5.74) is 0.296. The summed E-state index contributed by atoms with van der Waals surface area (Å²) in [6, 6.07) is 3.56. The first-order valence-corrected chi connectivity index (χ1v) is 7.35. The van der Waals surface area contributed by atoms with Crippen molar-refractivity contribution in [1.29, 1.82) is 0 Å². The van der Waals surface area contributed by atoms with Crippen molar-refractivity contribution in [3.05, 3.63) is 28.8 Å². The fourth-order valence-electron chi connectivity index (χ4n) is 2.44. The third kappa shape index (κ3) is 3.90. The minimum Gasteiger partial charge on any atom is -0.495 e. The van der Waals surface area contributed by atoms with Crippen molar-refractivity contribution < 1.29 is 24.2 Å². The number of nitrogens with one attached hydrogen (secondary N) is 1. The summed E-state index contributed by atoms with van der Waals surface area (Å²) in [6.07, 6.45) is 1.50. The van der Waals surface area contributed by atoms with E-state index in [4.69, 9.17) is 21.1 Å². The van der Waals surface area contributed by atoms with Crippen LogP contribution in [0.15, 0.2) is 18.2 Å². The van der Waals surface area contributed by atoms with Gasteiger partial charge in [0.1, 0.15) is 11.8 Å². The van der Waals surface area contributed by atoms with Crippen LogP contribution in [-0.2, 0) is 9.53 Å².